The Balaban J connectivity index is 1.44. The summed E-state index contributed by atoms with van der Waals surface area (Å²) >= 11 is 12.2. The molecule has 4 rings (SSSR count). The van der Waals surface area contributed by atoms with Crippen LogP contribution in [0.3, 0.4) is 0 Å². The number of hydrogen-bond donors (Lipinski definition) is 2. The minimum absolute atomic E-state index is 0.197. The first-order valence-corrected chi connectivity index (χ1v) is 10.6. The highest BCUT2D eigenvalue weighted by atomic mass is 35.5. The number of anilines is 1. The molecule has 0 fully saturated rings. The van der Waals surface area contributed by atoms with Gasteiger partial charge in [0.2, 0.25) is 0 Å². The average molecular weight is 468 g/mol. The summed E-state index contributed by atoms with van der Waals surface area (Å²) in [5.74, 6) is -1.21. The lowest BCUT2D eigenvalue weighted by molar-refractivity contribution is -0.138. The lowest BCUT2D eigenvalue weighted by Gasteiger charge is -2.31. The highest BCUT2D eigenvalue weighted by Crippen LogP contribution is 2.24. The van der Waals surface area contributed by atoms with Crippen LogP contribution in [0.2, 0.25) is 0 Å². The summed E-state index contributed by atoms with van der Waals surface area (Å²) < 4.78 is 0. The second-order valence-electron chi connectivity index (χ2n) is 7.34. The van der Waals surface area contributed by atoms with Gasteiger partial charge in [-0.15, -0.1) is 0 Å². The fourth-order valence-electron chi connectivity index (χ4n) is 3.52. The van der Waals surface area contributed by atoms with Gasteiger partial charge in [-0.25, -0.2) is 4.99 Å². The van der Waals surface area contributed by atoms with E-state index in [4.69, 9.17) is 28.3 Å². The third kappa shape index (κ3) is 5.10. The van der Waals surface area contributed by atoms with Crippen molar-refractivity contribution in [3.8, 4) is 0 Å². The molecule has 162 valence electrons. The number of rotatable bonds is 6. The number of hydrogen-bond acceptors (Lipinski definition) is 4. The van der Waals surface area contributed by atoms with E-state index >= 15 is 0 Å². The molecular formula is C24H19Cl2N3O3. The zero-order chi connectivity index (χ0) is 22.7. The second-order valence-corrected chi connectivity index (χ2v) is 8.11. The number of allylic oxidation sites excluding steroid dienone is 1. The summed E-state index contributed by atoms with van der Waals surface area (Å²) in [7, 11) is 0. The summed E-state index contributed by atoms with van der Waals surface area (Å²) in [4.78, 5) is 29.6. The molecule has 1 unspecified atom stereocenters. The first-order chi connectivity index (χ1) is 15.4. The van der Waals surface area contributed by atoms with Crippen LogP contribution in [0.4, 0.5) is 5.69 Å². The van der Waals surface area contributed by atoms with Crippen molar-refractivity contribution in [2.45, 2.75) is 12.6 Å². The summed E-state index contributed by atoms with van der Waals surface area (Å²) in [6, 6.07) is 20.7. The predicted octanol–water partition coefficient (Wildman–Crippen LogP) is 5.08. The molecule has 3 aromatic rings. The minimum atomic E-state index is -1.01. The Kier molecular flexibility index (Phi) is 6.44. The number of nitrogens with one attached hydrogen (secondary N) is 1. The van der Waals surface area contributed by atoms with Crippen molar-refractivity contribution in [2.75, 3.05) is 11.9 Å². The molecule has 2 N–H and O–H groups in total. The quantitative estimate of drug-likeness (QED) is 0.495. The lowest BCUT2D eigenvalue weighted by Crippen LogP contribution is -2.39. The van der Waals surface area contributed by atoms with Crippen molar-refractivity contribution < 1.29 is 14.7 Å². The number of nitrogens with zero attached hydrogens (tertiary/aromatic N) is 2. The van der Waals surface area contributed by atoms with Crippen LogP contribution in [0.1, 0.15) is 15.9 Å². The molecule has 0 radical (unpaired) electrons. The summed E-state index contributed by atoms with van der Waals surface area (Å²) in [5.41, 5.74) is 2.12. The highest BCUT2D eigenvalue weighted by Gasteiger charge is 2.26. The number of fused-ring (bicyclic) bond motifs is 1. The molecular weight excluding hydrogens is 449 g/mol. The van der Waals surface area contributed by atoms with E-state index < -0.39 is 12.1 Å². The fourth-order valence-corrected chi connectivity index (χ4v) is 4.07. The third-order valence-electron chi connectivity index (χ3n) is 5.09. The van der Waals surface area contributed by atoms with Crippen LogP contribution in [0.15, 0.2) is 83.0 Å². The lowest BCUT2D eigenvalue weighted by atomic mass is 10.1. The number of benzene rings is 3. The Hall–Kier alpha value is -3.35. The van der Waals surface area contributed by atoms with Gasteiger partial charge < -0.3 is 15.3 Å². The molecule has 1 aliphatic heterocycles. The van der Waals surface area contributed by atoms with Gasteiger partial charge in [0.15, 0.2) is 0 Å². The van der Waals surface area contributed by atoms with Crippen LogP contribution in [-0.4, -0.2) is 39.8 Å². The zero-order valence-electron chi connectivity index (χ0n) is 16.8. The topological polar surface area (TPSA) is 82.0 Å². The van der Waals surface area contributed by atoms with Crippen LogP contribution in [0.5, 0.6) is 0 Å². The molecule has 1 atom stereocenters. The molecule has 0 saturated heterocycles. The standard InChI is InChI=1S/C24H19Cl2N3O3/c25-20-13-21(26)29(14-23(30)31)22(28-20)11-15-5-9-19(10-6-15)27-24(32)18-8-7-16-3-1-2-4-17(16)12-18/h1-10,12-13,22H,11,14H2,(H,27,32)(H,30,31). The van der Waals surface area contributed by atoms with Gasteiger partial charge in [0.05, 0.1) is 0 Å². The number of carboxylic acid groups (broad SMARTS) is 1. The fraction of sp³-hybridized carbons (Fsp3) is 0.125. The summed E-state index contributed by atoms with van der Waals surface area (Å²) in [6.07, 6.45) is 1.30. The first-order valence-electron chi connectivity index (χ1n) is 9.87. The number of carbonyl (C=O) groups is 2. The van der Waals surface area contributed by atoms with Crippen molar-refractivity contribution in [1.82, 2.24) is 4.90 Å². The van der Waals surface area contributed by atoms with E-state index in [0.29, 0.717) is 17.7 Å². The molecule has 0 aliphatic carbocycles. The van der Waals surface area contributed by atoms with Crippen molar-refractivity contribution in [3.63, 3.8) is 0 Å². The van der Waals surface area contributed by atoms with Crippen molar-refractivity contribution in [1.29, 1.82) is 0 Å². The molecule has 1 heterocycles. The Morgan fingerprint density at radius 3 is 2.44 bits per heavy atom. The van der Waals surface area contributed by atoms with Gasteiger partial charge in [0.25, 0.3) is 5.91 Å². The minimum Gasteiger partial charge on any atom is -0.480 e. The molecule has 1 amide bonds. The highest BCUT2D eigenvalue weighted by molar-refractivity contribution is 6.69. The molecule has 0 aromatic heterocycles. The van der Waals surface area contributed by atoms with Gasteiger partial charge in [-0.1, -0.05) is 65.7 Å². The van der Waals surface area contributed by atoms with Gasteiger partial charge in [0, 0.05) is 23.7 Å². The molecule has 1 aliphatic rings. The summed E-state index contributed by atoms with van der Waals surface area (Å²) in [6.45, 7) is -0.284. The Labute approximate surface area is 194 Å². The number of carboxylic acids is 1. The van der Waals surface area contributed by atoms with Crippen LogP contribution in [0, 0.1) is 0 Å². The summed E-state index contributed by atoms with van der Waals surface area (Å²) in [5, 5.41) is 14.6. The Morgan fingerprint density at radius 1 is 1.00 bits per heavy atom. The van der Waals surface area contributed by atoms with Crippen molar-refractivity contribution in [2.24, 2.45) is 4.99 Å². The van der Waals surface area contributed by atoms with E-state index in [0.717, 1.165) is 16.3 Å². The zero-order valence-corrected chi connectivity index (χ0v) is 18.3. The van der Waals surface area contributed by atoms with E-state index in [2.05, 4.69) is 10.3 Å². The molecule has 32 heavy (non-hydrogen) atoms. The molecule has 0 saturated carbocycles. The normalized spacial score (nSPS) is 15.8. The smallest absolute Gasteiger partial charge is 0.323 e. The molecule has 8 heteroatoms. The molecule has 6 nitrogen and oxygen atoms in total. The number of carbonyl (C=O) groups excluding carboxylic acids is 1. The van der Waals surface area contributed by atoms with E-state index in [9.17, 15) is 9.59 Å². The Bertz CT molecular complexity index is 1240. The van der Waals surface area contributed by atoms with E-state index in [1.165, 1.54) is 11.0 Å². The van der Waals surface area contributed by atoms with Gasteiger partial charge in [-0.05, 0) is 40.6 Å². The maximum Gasteiger partial charge on any atom is 0.323 e. The average Bonchev–Trinajstić information content (AvgIpc) is 2.77. The van der Waals surface area contributed by atoms with Crippen molar-refractivity contribution in [3.05, 3.63) is 89.1 Å². The maximum atomic E-state index is 12.7. The SMILES string of the molecule is O=C(O)CN1C(Cl)=CC(Cl)=NC1Cc1ccc(NC(=O)c2ccc3ccccc3c2)cc1. The van der Waals surface area contributed by atoms with Crippen LogP contribution in [-0.2, 0) is 11.2 Å². The molecule has 3 aromatic carbocycles. The first kappa shape index (κ1) is 21.9. The van der Waals surface area contributed by atoms with Crippen LogP contribution >= 0.6 is 23.2 Å². The van der Waals surface area contributed by atoms with Gasteiger partial charge in [-0.2, -0.15) is 0 Å². The number of halogens is 2. The predicted molar refractivity (Wildman–Crippen MR) is 127 cm³/mol. The van der Waals surface area contributed by atoms with Gasteiger partial charge in [-0.3, -0.25) is 9.59 Å². The second kappa shape index (κ2) is 9.42. The molecule has 0 bridgehead atoms. The van der Waals surface area contributed by atoms with E-state index in [1.54, 1.807) is 18.2 Å². The van der Waals surface area contributed by atoms with Crippen LogP contribution in [0.25, 0.3) is 10.8 Å². The van der Waals surface area contributed by atoms with Gasteiger partial charge >= 0.3 is 5.97 Å². The number of aliphatic imine (C=N–C) groups is 1. The van der Waals surface area contributed by atoms with E-state index in [1.807, 2.05) is 48.5 Å². The number of aliphatic carboxylic acids is 1. The Morgan fingerprint density at radius 2 is 1.72 bits per heavy atom. The maximum absolute atomic E-state index is 12.7. The van der Waals surface area contributed by atoms with Gasteiger partial charge in [0.1, 0.15) is 23.0 Å². The number of amides is 1. The van der Waals surface area contributed by atoms with E-state index in [-0.39, 0.29) is 22.8 Å². The molecule has 0 spiro atoms. The van der Waals surface area contributed by atoms with Crippen molar-refractivity contribution >= 4 is 56.7 Å². The largest absolute Gasteiger partial charge is 0.480 e. The van der Waals surface area contributed by atoms with Crippen LogP contribution < -0.4 is 5.32 Å². The third-order valence-corrected chi connectivity index (χ3v) is 5.62. The monoisotopic (exact) mass is 467 g/mol.